The minimum absolute atomic E-state index is 0.343. The third-order valence-corrected chi connectivity index (χ3v) is 2.56. The van der Waals surface area contributed by atoms with E-state index in [4.69, 9.17) is 0 Å². The molecule has 0 saturated carbocycles. The van der Waals surface area contributed by atoms with Crippen molar-refractivity contribution in [1.29, 1.82) is 0 Å². The summed E-state index contributed by atoms with van der Waals surface area (Å²) in [4.78, 5) is 10.2. The summed E-state index contributed by atoms with van der Waals surface area (Å²) >= 11 is 0. The molecule has 0 bridgehead atoms. The van der Waals surface area contributed by atoms with E-state index in [2.05, 4.69) is 0 Å². The lowest BCUT2D eigenvalue weighted by molar-refractivity contribution is -0.118. The number of carbonyl (C=O) groups excluding carboxylic acids is 1. The van der Waals surface area contributed by atoms with Gasteiger partial charge in [-0.1, -0.05) is 50.2 Å². The number of benzene rings is 2. The lowest BCUT2D eigenvalue weighted by atomic mass is 10.1. The van der Waals surface area contributed by atoms with Crippen molar-refractivity contribution in [3.8, 4) is 5.75 Å². The summed E-state index contributed by atoms with van der Waals surface area (Å²) in [7, 11) is 0. The predicted octanol–water partition coefficient (Wildman–Crippen LogP) is 3.92. The normalized spacial score (nSPS) is 9.53. The summed E-state index contributed by atoms with van der Waals surface area (Å²) < 4.78 is 0. The summed E-state index contributed by atoms with van der Waals surface area (Å²) in [5.74, 6) is 0.693. The van der Waals surface area contributed by atoms with Gasteiger partial charge in [-0.3, -0.25) is 4.79 Å². The average Bonchev–Trinajstić information content (AvgIpc) is 2.39. The van der Waals surface area contributed by atoms with Crippen molar-refractivity contribution >= 4 is 16.6 Å². The molecule has 2 nitrogen and oxygen atoms in total. The molecule has 0 heterocycles. The molecule has 0 aliphatic rings. The zero-order chi connectivity index (χ0) is 12.7. The minimum Gasteiger partial charge on any atom is -0.507 e. The maximum atomic E-state index is 10.2. The van der Waals surface area contributed by atoms with Crippen LogP contribution in [0.4, 0.5) is 0 Å². The van der Waals surface area contributed by atoms with E-state index < -0.39 is 0 Å². The second-order valence-electron chi connectivity index (χ2n) is 3.74. The van der Waals surface area contributed by atoms with Crippen LogP contribution in [0.1, 0.15) is 26.7 Å². The first kappa shape index (κ1) is 13.2. The maximum absolute atomic E-state index is 10.2. The van der Waals surface area contributed by atoms with Crippen LogP contribution >= 0.6 is 0 Å². The fourth-order valence-corrected chi connectivity index (χ4v) is 1.46. The van der Waals surface area contributed by atoms with Crippen LogP contribution in [-0.2, 0) is 4.79 Å². The zero-order valence-electron chi connectivity index (χ0n) is 10.3. The monoisotopic (exact) mass is 230 g/mol. The molecule has 2 rings (SSSR count). The molecular formula is C15H18O2. The van der Waals surface area contributed by atoms with E-state index in [0.29, 0.717) is 24.4 Å². The Hall–Kier alpha value is -1.83. The average molecular weight is 230 g/mol. The van der Waals surface area contributed by atoms with Crippen LogP contribution < -0.4 is 0 Å². The van der Waals surface area contributed by atoms with Gasteiger partial charge >= 0.3 is 0 Å². The molecule has 2 heteroatoms. The van der Waals surface area contributed by atoms with Crippen molar-refractivity contribution in [2.24, 2.45) is 0 Å². The van der Waals surface area contributed by atoms with Gasteiger partial charge in [-0.05, 0) is 11.5 Å². The van der Waals surface area contributed by atoms with Crippen molar-refractivity contribution in [1.82, 2.24) is 0 Å². The van der Waals surface area contributed by atoms with E-state index in [1.807, 2.05) is 50.2 Å². The summed E-state index contributed by atoms with van der Waals surface area (Å²) in [5, 5.41) is 11.4. The molecule has 0 unspecified atom stereocenters. The molecule has 0 spiro atoms. The molecule has 0 radical (unpaired) electrons. The van der Waals surface area contributed by atoms with E-state index in [1.54, 1.807) is 6.07 Å². The molecule has 0 aromatic heterocycles. The van der Waals surface area contributed by atoms with Gasteiger partial charge in [-0.15, -0.1) is 0 Å². The number of hydrogen-bond donors (Lipinski definition) is 1. The van der Waals surface area contributed by atoms with Gasteiger partial charge in [0, 0.05) is 18.2 Å². The van der Waals surface area contributed by atoms with E-state index in [9.17, 15) is 9.90 Å². The van der Waals surface area contributed by atoms with Gasteiger partial charge in [-0.25, -0.2) is 0 Å². The number of aromatic hydroxyl groups is 1. The Morgan fingerprint density at radius 3 is 2.12 bits per heavy atom. The Kier molecular flexibility index (Phi) is 5.21. The molecule has 0 atom stereocenters. The first-order valence-corrected chi connectivity index (χ1v) is 5.87. The van der Waals surface area contributed by atoms with Crippen LogP contribution in [0.3, 0.4) is 0 Å². The molecular weight excluding hydrogens is 212 g/mol. The van der Waals surface area contributed by atoms with Crippen LogP contribution in [0, 0.1) is 0 Å². The van der Waals surface area contributed by atoms with Crippen LogP contribution in [0.2, 0.25) is 0 Å². The van der Waals surface area contributed by atoms with Crippen molar-refractivity contribution < 1.29 is 9.90 Å². The summed E-state index contributed by atoms with van der Waals surface area (Å²) in [6.45, 7) is 3.76. The molecule has 0 saturated heterocycles. The Morgan fingerprint density at radius 1 is 1.00 bits per heavy atom. The zero-order valence-corrected chi connectivity index (χ0v) is 10.3. The number of phenolic OH excluding ortho intramolecular Hbond substituents is 1. The molecule has 17 heavy (non-hydrogen) atoms. The fourth-order valence-electron chi connectivity index (χ4n) is 1.46. The van der Waals surface area contributed by atoms with Crippen LogP contribution in [0.5, 0.6) is 5.75 Å². The Bertz CT molecular complexity index is 478. The number of ketones is 1. The van der Waals surface area contributed by atoms with Gasteiger partial charge < -0.3 is 5.11 Å². The quantitative estimate of drug-likeness (QED) is 0.849. The molecule has 0 aliphatic carbocycles. The van der Waals surface area contributed by atoms with Gasteiger partial charge in [0.05, 0.1) is 0 Å². The van der Waals surface area contributed by atoms with E-state index in [1.165, 1.54) is 0 Å². The summed E-state index contributed by atoms with van der Waals surface area (Å²) in [6.07, 6.45) is 1.38. The van der Waals surface area contributed by atoms with Crippen LogP contribution in [0.25, 0.3) is 10.8 Å². The molecule has 2 aromatic rings. The van der Waals surface area contributed by atoms with Crippen molar-refractivity contribution in [2.75, 3.05) is 0 Å². The predicted molar refractivity (Wildman–Crippen MR) is 71.2 cm³/mol. The van der Waals surface area contributed by atoms with Crippen molar-refractivity contribution in [3.63, 3.8) is 0 Å². The summed E-state index contributed by atoms with van der Waals surface area (Å²) in [5.41, 5.74) is 0. The van der Waals surface area contributed by atoms with E-state index in [-0.39, 0.29) is 0 Å². The van der Waals surface area contributed by atoms with E-state index >= 15 is 0 Å². The van der Waals surface area contributed by atoms with Gasteiger partial charge in [0.25, 0.3) is 0 Å². The molecule has 90 valence electrons. The summed E-state index contributed by atoms with van der Waals surface area (Å²) in [6, 6.07) is 13.3. The smallest absolute Gasteiger partial charge is 0.132 e. The standard InChI is InChI=1S/C10H8O.C5H10O/c11-10-7-3-5-8-4-1-2-6-9(8)10;1-3-5(6)4-2/h1-7,11H;3-4H2,1-2H3. The largest absolute Gasteiger partial charge is 0.507 e. The topological polar surface area (TPSA) is 37.3 Å². The first-order chi connectivity index (χ1) is 8.19. The number of fused-ring (bicyclic) bond motifs is 1. The second-order valence-corrected chi connectivity index (χ2v) is 3.74. The number of Topliss-reactive ketones (excluding diaryl/α,β-unsaturated/α-hetero) is 1. The lowest BCUT2D eigenvalue weighted by Gasteiger charge is -1.97. The number of hydrogen-bond acceptors (Lipinski definition) is 2. The number of carbonyl (C=O) groups is 1. The van der Waals surface area contributed by atoms with Crippen molar-refractivity contribution in [3.05, 3.63) is 42.5 Å². The fraction of sp³-hybridized carbons (Fsp3) is 0.267. The highest BCUT2D eigenvalue weighted by Gasteiger charge is 1.94. The highest BCUT2D eigenvalue weighted by molar-refractivity contribution is 5.87. The SMILES string of the molecule is CCC(=O)CC.Oc1cccc2ccccc12. The highest BCUT2D eigenvalue weighted by atomic mass is 16.3. The minimum atomic E-state index is 0.343. The van der Waals surface area contributed by atoms with Gasteiger partial charge in [0.15, 0.2) is 0 Å². The van der Waals surface area contributed by atoms with Gasteiger partial charge in [0.1, 0.15) is 11.5 Å². The Balaban J connectivity index is 0.000000209. The van der Waals surface area contributed by atoms with Gasteiger partial charge in [0.2, 0.25) is 0 Å². The first-order valence-electron chi connectivity index (χ1n) is 5.87. The third-order valence-electron chi connectivity index (χ3n) is 2.56. The number of rotatable bonds is 2. The maximum Gasteiger partial charge on any atom is 0.132 e. The number of phenols is 1. The molecule has 2 aromatic carbocycles. The highest BCUT2D eigenvalue weighted by Crippen LogP contribution is 2.22. The lowest BCUT2D eigenvalue weighted by Crippen LogP contribution is -1.88. The van der Waals surface area contributed by atoms with Crippen LogP contribution in [0.15, 0.2) is 42.5 Å². The molecule has 1 N–H and O–H groups in total. The molecule has 0 amide bonds. The van der Waals surface area contributed by atoms with E-state index in [0.717, 1.165) is 10.8 Å². The van der Waals surface area contributed by atoms with Gasteiger partial charge in [-0.2, -0.15) is 0 Å². The second kappa shape index (κ2) is 6.69. The Labute approximate surface area is 102 Å². The Morgan fingerprint density at radius 2 is 1.59 bits per heavy atom. The van der Waals surface area contributed by atoms with Crippen molar-refractivity contribution in [2.45, 2.75) is 26.7 Å². The molecule has 0 aliphatic heterocycles. The molecule has 0 fully saturated rings. The van der Waals surface area contributed by atoms with Crippen LogP contribution in [-0.4, -0.2) is 10.9 Å². The third kappa shape index (κ3) is 3.91.